The number of nitrogens with two attached hydrogens (primary N) is 1. The number of carbonyl (C=O) groups is 1. The van der Waals surface area contributed by atoms with Crippen LogP contribution in [0.4, 0.5) is 5.69 Å². The molecular formula is C13H15N3O4S. The number of pyridine rings is 1. The molecule has 2 aromatic rings. The molecule has 0 radical (unpaired) electrons. The molecule has 21 heavy (non-hydrogen) atoms. The zero-order valence-corrected chi connectivity index (χ0v) is 12.3. The molecule has 1 atom stereocenters. The Kier molecular flexibility index (Phi) is 4.10. The minimum absolute atomic E-state index is 0.0388. The number of hydrogen-bond donors (Lipinski definition) is 2. The van der Waals surface area contributed by atoms with Gasteiger partial charge in [-0.15, -0.1) is 0 Å². The van der Waals surface area contributed by atoms with Gasteiger partial charge in [0.25, 0.3) is 0 Å². The molecule has 0 aliphatic rings. The van der Waals surface area contributed by atoms with Gasteiger partial charge in [0, 0.05) is 17.3 Å². The lowest BCUT2D eigenvalue weighted by Gasteiger charge is -2.13. The SMILES string of the molecule is COC(=O)C(C)NS(=O)(=O)c1ccc(N)c2cccnc12. The van der Waals surface area contributed by atoms with Gasteiger partial charge < -0.3 is 10.5 Å². The van der Waals surface area contributed by atoms with Gasteiger partial charge >= 0.3 is 5.97 Å². The summed E-state index contributed by atoms with van der Waals surface area (Å²) in [6, 6.07) is 5.19. The number of nitrogen functional groups attached to an aromatic ring is 1. The molecule has 0 amide bonds. The van der Waals surface area contributed by atoms with Gasteiger partial charge in [0.2, 0.25) is 10.0 Å². The van der Waals surface area contributed by atoms with Crippen molar-refractivity contribution in [1.82, 2.24) is 9.71 Å². The molecule has 0 bridgehead atoms. The maximum atomic E-state index is 12.4. The van der Waals surface area contributed by atoms with Gasteiger partial charge in [0.15, 0.2) is 0 Å². The Bertz CT molecular complexity index is 789. The number of anilines is 1. The Labute approximate surface area is 122 Å². The van der Waals surface area contributed by atoms with Crippen molar-refractivity contribution in [2.24, 2.45) is 0 Å². The number of nitrogens with one attached hydrogen (secondary N) is 1. The molecule has 1 heterocycles. The summed E-state index contributed by atoms with van der Waals surface area (Å²) in [7, 11) is -2.74. The molecule has 0 aliphatic carbocycles. The van der Waals surface area contributed by atoms with Gasteiger partial charge in [-0.3, -0.25) is 9.78 Å². The fraction of sp³-hybridized carbons (Fsp3) is 0.231. The van der Waals surface area contributed by atoms with Gasteiger partial charge in [-0.1, -0.05) is 0 Å². The molecule has 0 aliphatic heterocycles. The van der Waals surface area contributed by atoms with Gasteiger partial charge in [-0.05, 0) is 31.2 Å². The summed E-state index contributed by atoms with van der Waals surface area (Å²) < 4.78 is 31.5. The van der Waals surface area contributed by atoms with Crippen LogP contribution in [0.5, 0.6) is 0 Å². The number of esters is 1. The third kappa shape index (κ3) is 2.96. The van der Waals surface area contributed by atoms with E-state index in [9.17, 15) is 13.2 Å². The van der Waals surface area contributed by atoms with Crippen LogP contribution in [0.25, 0.3) is 10.9 Å². The molecule has 1 aromatic carbocycles. The van der Waals surface area contributed by atoms with E-state index in [4.69, 9.17) is 5.73 Å². The van der Waals surface area contributed by atoms with E-state index < -0.39 is 22.0 Å². The number of aromatic nitrogens is 1. The van der Waals surface area contributed by atoms with Crippen molar-refractivity contribution in [2.45, 2.75) is 17.9 Å². The van der Waals surface area contributed by atoms with Crippen LogP contribution in [0.1, 0.15) is 6.92 Å². The zero-order valence-electron chi connectivity index (χ0n) is 11.5. The third-order valence-corrected chi connectivity index (χ3v) is 4.51. The predicted octanol–water partition coefficient (Wildman–Crippen LogP) is 0.657. The monoisotopic (exact) mass is 309 g/mol. The van der Waals surface area contributed by atoms with Crippen molar-refractivity contribution in [1.29, 1.82) is 0 Å². The van der Waals surface area contributed by atoms with Crippen molar-refractivity contribution in [2.75, 3.05) is 12.8 Å². The van der Waals surface area contributed by atoms with Crippen LogP contribution in [0, 0.1) is 0 Å². The lowest BCUT2D eigenvalue weighted by molar-refractivity contribution is -0.142. The molecule has 1 unspecified atom stereocenters. The lowest BCUT2D eigenvalue weighted by Crippen LogP contribution is -2.39. The summed E-state index contributed by atoms with van der Waals surface area (Å²) in [5.41, 5.74) is 6.49. The first-order chi connectivity index (χ1) is 9.86. The van der Waals surface area contributed by atoms with Gasteiger partial charge in [0.05, 0.1) is 12.6 Å². The number of benzene rings is 1. The number of nitrogens with zero attached hydrogens (tertiary/aromatic N) is 1. The second-order valence-electron chi connectivity index (χ2n) is 4.42. The molecule has 7 nitrogen and oxygen atoms in total. The van der Waals surface area contributed by atoms with Crippen molar-refractivity contribution < 1.29 is 17.9 Å². The number of hydrogen-bond acceptors (Lipinski definition) is 6. The van der Waals surface area contributed by atoms with E-state index in [1.807, 2.05) is 0 Å². The van der Waals surface area contributed by atoms with Crippen molar-refractivity contribution in [3.8, 4) is 0 Å². The molecule has 0 saturated carbocycles. The quantitative estimate of drug-likeness (QED) is 0.634. The minimum atomic E-state index is -3.93. The standard InChI is InChI=1S/C13H15N3O4S/c1-8(13(17)20-2)16-21(18,19)11-6-5-10(14)9-4-3-7-15-12(9)11/h3-8,16H,14H2,1-2H3. The summed E-state index contributed by atoms with van der Waals surface area (Å²) in [5.74, 6) is -0.675. The normalized spacial score (nSPS) is 13.0. The molecule has 0 fully saturated rings. The van der Waals surface area contributed by atoms with Crippen LogP contribution >= 0.6 is 0 Å². The first-order valence-electron chi connectivity index (χ1n) is 6.10. The average molecular weight is 309 g/mol. The number of methoxy groups -OCH3 is 1. The highest BCUT2D eigenvalue weighted by atomic mass is 32.2. The fourth-order valence-corrected chi connectivity index (χ4v) is 3.26. The van der Waals surface area contributed by atoms with Crippen LogP contribution in [0.3, 0.4) is 0 Å². The highest BCUT2D eigenvalue weighted by Crippen LogP contribution is 2.25. The molecule has 0 spiro atoms. The first kappa shape index (κ1) is 15.2. The van der Waals surface area contributed by atoms with Gasteiger partial charge in [0.1, 0.15) is 10.9 Å². The maximum absolute atomic E-state index is 12.4. The molecule has 0 saturated heterocycles. The molecular weight excluding hydrogens is 294 g/mol. The summed E-state index contributed by atoms with van der Waals surface area (Å²) >= 11 is 0. The minimum Gasteiger partial charge on any atom is -0.468 e. The van der Waals surface area contributed by atoms with Crippen molar-refractivity contribution in [3.05, 3.63) is 30.5 Å². The van der Waals surface area contributed by atoms with Gasteiger partial charge in [-0.2, -0.15) is 4.72 Å². The van der Waals surface area contributed by atoms with Crippen LogP contribution < -0.4 is 10.5 Å². The second-order valence-corrected chi connectivity index (χ2v) is 6.10. The van der Waals surface area contributed by atoms with E-state index in [-0.39, 0.29) is 10.4 Å². The highest BCUT2D eigenvalue weighted by molar-refractivity contribution is 7.89. The summed E-state index contributed by atoms with van der Waals surface area (Å²) in [6.07, 6.45) is 1.48. The molecule has 8 heteroatoms. The molecule has 2 rings (SSSR count). The van der Waals surface area contributed by atoms with Crippen LogP contribution in [-0.4, -0.2) is 32.5 Å². The van der Waals surface area contributed by atoms with Crippen molar-refractivity contribution >= 4 is 32.6 Å². The maximum Gasteiger partial charge on any atom is 0.323 e. The largest absolute Gasteiger partial charge is 0.468 e. The number of carbonyl (C=O) groups excluding carboxylic acids is 1. The Morgan fingerprint density at radius 1 is 1.38 bits per heavy atom. The summed E-state index contributed by atoms with van der Waals surface area (Å²) in [4.78, 5) is 15.4. The van der Waals surface area contributed by atoms with Gasteiger partial charge in [-0.25, -0.2) is 8.42 Å². The number of sulfonamides is 1. The van der Waals surface area contributed by atoms with E-state index in [0.717, 1.165) is 0 Å². The van der Waals surface area contributed by atoms with E-state index >= 15 is 0 Å². The summed E-state index contributed by atoms with van der Waals surface area (Å²) in [6.45, 7) is 1.40. The Balaban J connectivity index is 2.51. The average Bonchev–Trinajstić information content (AvgIpc) is 2.46. The first-order valence-corrected chi connectivity index (χ1v) is 7.58. The van der Waals surface area contributed by atoms with Crippen LogP contribution in [-0.2, 0) is 19.6 Å². The van der Waals surface area contributed by atoms with Crippen LogP contribution in [0.2, 0.25) is 0 Å². The Morgan fingerprint density at radius 3 is 2.76 bits per heavy atom. The highest BCUT2D eigenvalue weighted by Gasteiger charge is 2.25. The number of ether oxygens (including phenoxy) is 1. The van der Waals surface area contributed by atoms with Crippen molar-refractivity contribution in [3.63, 3.8) is 0 Å². The van der Waals surface area contributed by atoms with Crippen LogP contribution in [0.15, 0.2) is 35.4 Å². The summed E-state index contributed by atoms with van der Waals surface area (Å²) in [5, 5.41) is 0.533. The lowest BCUT2D eigenvalue weighted by atomic mass is 10.2. The molecule has 112 valence electrons. The number of rotatable bonds is 4. The smallest absolute Gasteiger partial charge is 0.323 e. The predicted molar refractivity (Wildman–Crippen MR) is 78.0 cm³/mol. The molecule has 1 aromatic heterocycles. The second kappa shape index (κ2) is 5.66. The number of fused-ring (bicyclic) bond motifs is 1. The fourth-order valence-electron chi connectivity index (χ4n) is 1.91. The van der Waals surface area contributed by atoms with E-state index in [0.29, 0.717) is 11.1 Å². The van der Waals surface area contributed by atoms with E-state index in [1.54, 1.807) is 12.1 Å². The zero-order chi connectivity index (χ0) is 15.6. The Hall–Kier alpha value is -2.19. The van der Waals surface area contributed by atoms with E-state index in [2.05, 4.69) is 14.4 Å². The third-order valence-electron chi connectivity index (χ3n) is 2.94. The molecule has 3 N–H and O–H groups in total. The van der Waals surface area contributed by atoms with E-state index in [1.165, 1.54) is 32.4 Å². The Morgan fingerprint density at radius 2 is 2.10 bits per heavy atom. The topological polar surface area (TPSA) is 111 Å².